The normalized spacial score (nSPS) is 11.0. The van der Waals surface area contributed by atoms with Crippen molar-refractivity contribution < 1.29 is 10.0 Å². The maximum atomic E-state index is 7.92. The Morgan fingerprint density at radius 3 is 1.21 bits per heavy atom. The summed E-state index contributed by atoms with van der Waals surface area (Å²) in [4.78, 5) is 12.9. The Labute approximate surface area is 398 Å². The zero-order chi connectivity index (χ0) is 45.7. The molecule has 0 spiro atoms. The molecule has 0 amide bonds. The molecule has 1 fully saturated rings. The largest absolute Gasteiger partial charge is 0.262 e. The van der Waals surface area contributed by atoms with Gasteiger partial charge in [0.1, 0.15) is 0 Å². The summed E-state index contributed by atoms with van der Waals surface area (Å²) in [5.41, 5.74) is 2.23. The molecule has 0 radical (unpaired) electrons. The van der Waals surface area contributed by atoms with Gasteiger partial charge in [-0.3, -0.25) is 9.97 Å². The standard InChI is InChI=1S/C7H15N.C7H9N.C6H7N.C5H4N.3C4H9.C3H8.C2H7BO2.4C2H6.4CH4.Sn/c2*1-2-7-5-3-4-6-8-7;1-6-4-2-3-5-7-6;1-2-4-6-5-3-1;3*1-3-4-2;1-3-2;1-2-3(4)5;4*1-2;;;;;/h7-8H,2-6H2,1H3;3-6H,2H2,1H3;2-5H,1H3;1-4H;3*1,3-4H2,2H3;3H2,1-2H3;4-5H,2H2,1H3;4*1-2H3;4*1H4;. The molecule has 62 heavy (non-hydrogen) atoms. The van der Waals surface area contributed by atoms with Crippen LogP contribution < -0.4 is 9.03 Å². The molecule has 1 atom stereocenters. The topological polar surface area (TPSA) is 91.2 Å². The van der Waals surface area contributed by atoms with E-state index in [-0.39, 0.29) is 29.7 Å². The fourth-order valence-electron chi connectivity index (χ4n) is 5.31. The smallest absolute Gasteiger partial charge is 0.0400 e. The van der Waals surface area contributed by atoms with Gasteiger partial charge >= 0.3 is 131 Å². The van der Waals surface area contributed by atoms with E-state index in [2.05, 4.69) is 82.0 Å². The van der Waals surface area contributed by atoms with Crippen LogP contribution in [0.4, 0.5) is 0 Å². The van der Waals surface area contributed by atoms with Crippen molar-refractivity contribution in [2.75, 3.05) is 6.54 Å². The number of unbranched alkanes of at least 4 members (excludes halogenated alkanes) is 3. The molecule has 1 aliphatic heterocycles. The van der Waals surface area contributed by atoms with Crippen LogP contribution in [0.5, 0.6) is 0 Å². The first-order valence-electron chi connectivity index (χ1n) is 24.0. The molecule has 0 bridgehead atoms. The number of nitrogens with one attached hydrogen (secondary N) is 1. The Morgan fingerprint density at radius 1 is 0.597 bits per heavy atom. The van der Waals surface area contributed by atoms with Crippen molar-refractivity contribution in [2.24, 2.45) is 0 Å². The number of pyridine rings is 3. The summed E-state index contributed by atoms with van der Waals surface area (Å²) in [5, 5.41) is 19.3. The molecule has 0 aliphatic carbocycles. The third kappa shape index (κ3) is 58.2. The van der Waals surface area contributed by atoms with Gasteiger partial charge in [-0.15, -0.1) is 0 Å². The molecule has 3 aromatic heterocycles. The van der Waals surface area contributed by atoms with Crippen molar-refractivity contribution in [1.82, 2.24) is 20.3 Å². The molecule has 6 nitrogen and oxygen atoms in total. The molecule has 1 aliphatic rings. The van der Waals surface area contributed by atoms with Gasteiger partial charge < -0.3 is 15.4 Å². The molecular weight excluding hydrogens is 866 g/mol. The van der Waals surface area contributed by atoms with E-state index in [0.717, 1.165) is 23.9 Å². The van der Waals surface area contributed by atoms with Crippen LogP contribution in [0, 0.1) is 6.92 Å². The number of aromatic nitrogens is 3. The van der Waals surface area contributed by atoms with Crippen LogP contribution in [0.1, 0.15) is 223 Å². The van der Waals surface area contributed by atoms with Gasteiger partial charge in [-0.25, -0.2) is 0 Å². The zero-order valence-corrected chi connectivity index (χ0v) is 44.7. The molecular formula is C54H117BN4O2Sn. The summed E-state index contributed by atoms with van der Waals surface area (Å²) in [6, 6.07) is 19.3. The van der Waals surface area contributed by atoms with Gasteiger partial charge in [-0.1, -0.05) is 145 Å². The number of hydrogen-bond donors (Lipinski definition) is 3. The average Bonchev–Trinajstić information content (AvgIpc) is 3.31. The van der Waals surface area contributed by atoms with E-state index in [1.54, 1.807) is 16.8 Å². The Kier molecular flexibility index (Phi) is 99.4. The van der Waals surface area contributed by atoms with E-state index < -0.39 is 25.5 Å². The maximum absolute atomic E-state index is 7.92. The Balaban J connectivity index is -0.0000000674. The van der Waals surface area contributed by atoms with Crippen LogP contribution in [0.15, 0.2) is 73.2 Å². The third-order valence-corrected chi connectivity index (χ3v) is 23.6. The second-order valence-electron chi connectivity index (χ2n) is 13.1. The van der Waals surface area contributed by atoms with Gasteiger partial charge in [-0.05, 0) is 69.7 Å². The van der Waals surface area contributed by atoms with Crippen molar-refractivity contribution in [3.05, 3.63) is 84.6 Å². The Hall–Kier alpha value is -1.81. The van der Waals surface area contributed by atoms with Crippen molar-refractivity contribution in [1.29, 1.82) is 0 Å². The van der Waals surface area contributed by atoms with E-state index in [4.69, 9.17) is 15.0 Å². The Morgan fingerprint density at radius 2 is 1.00 bits per heavy atom. The van der Waals surface area contributed by atoms with Gasteiger partial charge in [0.2, 0.25) is 0 Å². The first kappa shape index (κ1) is 83.7. The number of nitrogens with zero attached hydrogens (tertiary/aromatic N) is 3. The molecule has 0 aromatic carbocycles. The van der Waals surface area contributed by atoms with E-state index in [1.165, 1.54) is 90.5 Å². The number of piperidine rings is 1. The van der Waals surface area contributed by atoms with E-state index >= 15 is 0 Å². The molecule has 4 heterocycles. The molecule has 3 N–H and O–H groups in total. The number of hydrogen-bond acceptors (Lipinski definition) is 6. The van der Waals surface area contributed by atoms with E-state index in [1.807, 2.05) is 111 Å². The molecule has 1 unspecified atom stereocenters. The van der Waals surface area contributed by atoms with Crippen LogP contribution in [0.3, 0.4) is 0 Å². The van der Waals surface area contributed by atoms with Crippen molar-refractivity contribution in [3.8, 4) is 0 Å². The molecule has 372 valence electrons. The maximum Gasteiger partial charge on any atom is 0.0400 e. The van der Waals surface area contributed by atoms with E-state index in [0.29, 0.717) is 6.32 Å². The summed E-state index contributed by atoms with van der Waals surface area (Å²) < 4.78 is 6.10. The fraction of sp³-hybridized carbons (Fsp3) is 0.722. The van der Waals surface area contributed by atoms with Crippen molar-refractivity contribution >= 4 is 29.2 Å². The van der Waals surface area contributed by atoms with E-state index in [9.17, 15) is 0 Å². The van der Waals surface area contributed by atoms with Gasteiger partial charge in [0.15, 0.2) is 0 Å². The summed E-state index contributed by atoms with van der Waals surface area (Å²) in [6.45, 7) is 36.5. The zero-order valence-electron chi connectivity index (χ0n) is 41.8. The molecule has 3 aromatic rings. The summed E-state index contributed by atoms with van der Waals surface area (Å²) in [6.07, 6.45) is 22.1. The molecule has 0 saturated carbocycles. The fourth-order valence-corrected chi connectivity index (χ4v) is 20.7. The summed E-state index contributed by atoms with van der Waals surface area (Å²) in [7, 11) is -1.12. The second-order valence-corrected chi connectivity index (χ2v) is 26.2. The first-order valence-corrected chi connectivity index (χ1v) is 31.5. The molecule has 1 saturated heterocycles. The third-order valence-electron chi connectivity index (χ3n) is 8.41. The van der Waals surface area contributed by atoms with Crippen LogP contribution in [0.2, 0.25) is 19.6 Å². The minimum Gasteiger partial charge on any atom is -0.262 e. The van der Waals surface area contributed by atoms with Gasteiger partial charge in [0.25, 0.3) is 0 Å². The first-order chi connectivity index (χ1) is 28.2. The van der Waals surface area contributed by atoms with Crippen LogP contribution in [-0.2, 0) is 6.42 Å². The van der Waals surface area contributed by atoms with Gasteiger partial charge in [0.05, 0.1) is 0 Å². The number of aryl methyl sites for hydroxylation is 2. The van der Waals surface area contributed by atoms with Crippen LogP contribution in [0.25, 0.3) is 0 Å². The van der Waals surface area contributed by atoms with Crippen LogP contribution in [-0.4, -0.2) is 63.1 Å². The van der Waals surface area contributed by atoms with Gasteiger partial charge in [-0.2, -0.15) is 0 Å². The minimum atomic E-state index is -2.21. The second kappa shape index (κ2) is 73.6. The average molecular weight is 984 g/mol. The predicted octanol–water partition coefficient (Wildman–Crippen LogP) is 17.3. The van der Waals surface area contributed by atoms with Crippen molar-refractivity contribution in [3.63, 3.8) is 0 Å². The van der Waals surface area contributed by atoms with Crippen LogP contribution >= 0.6 is 0 Å². The monoisotopic (exact) mass is 985 g/mol. The van der Waals surface area contributed by atoms with Crippen molar-refractivity contribution in [2.45, 2.75) is 250 Å². The van der Waals surface area contributed by atoms with Gasteiger partial charge in [0, 0.05) is 29.8 Å². The quantitative estimate of drug-likeness (QED) is 0.148. The summed E-state index contributed by atoms with van der Waals surface area (Å²) in [5.74, 6) is 0. The minimum absolute atomic E-state index is 0. The molecule has 8 heteroatoms. The predicted molar refractivity (Wildman–Crippen MR) is 296 cm³/mol. The Bertz CT molecular complexity index is 1040. The summed E-state index contributed by atoms with van der Waals surface area (Å²) >= 11 is -2.21. The molecule has 4 rings (SSSR count). The SMILES string of the molecule is C.C.C.C.CC.CC.CC.CC.CCB(O)O.CCC.CCC1CCCCN1.CCC[CH2][Sn]([CH2]CCC)([CH2]CCC)[c]1ccccn1.CCc1ccccn1.Cc1ccccn1. The number of rotatable bonds is 13.